The van der Waals surface area contributed by atoms with Crippen molar-refractivity contribution in [2.24, 2.45) is 17.4 Å². The van der Waals surface area contributed by atoms with Crippen molar-refractivity contribution in [3.63, 3.8) is 0 Å². The van der Waals surface area contributed by atoms with Crippen LogP contribution in [-0.4, -0.2) is 48.1 Å². The number of carbonyl (C=O) groups excluding carboxylic acids is 2. The molecule has 8 heteroatoms. The number of carboxylic acid groups (broad SMARTS) is 1. The van der Waals surface area contributed by atoms with E-state index in [0.29, 0.717) is 19.4 Å². The van der Waals surface area contributed by atoms with Crippen LogP contribution in [0.3, 0.4) is 0 Å². The lowest BCUT2D eigenvalue weighted by atomic mass is 10.0. The largest absolute Gasteiger partial charge is 0.480 e. The van der Waals surface area contributed by atoms with E-state index in [-0.39, 0.29) is 12.5 Å². The molecule has 0 radical (unpaired) electrons. The number of hydrogen-bond donors (Lipinski definition) is 5. The van der Waals surface area contributed by atoms with Gasteiger partial charge in [0, 0.05) is 0 Å². The van der Waals surface area contributed by atoms with Gasteiger partial charge in [0.25, 0.3) is 0 Å². The molecule has 0 aromatic heterocycles. The molecule has 122 valence electrons. The highest BCUT2D eigenvalue weighted by Crippen LogP contribution is 2.05. The fraction of sp³-hybridized carbons (Fsp3) is 0.769. The molecule has 2 amide bonds. The first-order chi connectivity index (χ1) is 9.83. The molecule has 0 fully saturated rings. The van der Waals surface area contributed by atoms with E-state index in [1.165, 1.54) is 0 Å². The molecule has 8 nitrogen and oxygen atoms in total. The molecule has 21 heavy (non-hydrogen) atoms. The summed E-state index contributed by atoms with van der Waals surface area (Å²) in [6, 6.07) is -1.79. The van der Waals surface area contributed by atoms with Crippen LogP contribution in [0.4, 0.5) is 0 Å². The maximum absolute atomic E-state index is 12.1. The fourth-order valence-corrected chi connectivity index (χ4v) is 1.78. The van der Waals surface area contributed by atoms with Crippen molar-refractivity contribution in [2.75, 3.05) is 13.1 Å². The van der Waals surface area contributed by atoms with E-state index in [1.807, 2.05) is 0 Å². The second kappa shape index (κ2) is 10.1. The minimum absolute atomic E-state index is 0.229. The third-order valence-corrected chi connectivity index (χ3v) is 3.01. The van der Waals surface area contributed by atoms with E-state index >= 15 is 0 Å². The zero-order chi connectivity index (χ0) is 16.4. The summed E-state index contributed by atoms with van der Waals surface area (Å²) in [7, 11) is 0. The summed E-state index contributed by atoms with van der Waals surface area (Å²) in [5.74, 6) is -2.35. The molecule has 0 spiro atoms. The number of unbranched alkanes of at least 4 members (excludes halogenated alkanes) is 1. The maximum Gasteiger partial charge on any atom is 0.326 e. The Bertz CT molecular complexity index is 360. The minimum Gasteiger partial charge on any atom is -0.480 e. The number of nitrogens with two attached hydrogens (primary N) is 2. The fourth-order valence-electron chi connectivity index (χ4n) is 1.78. The highest BCUT2D eigenvalue weighted by molar-refractivity contribution is 5.90. The Hall–Kier alpha value is -1.67. The Labute approximate surface area is 124 Å². The first-order valence-corrected chi connectivity index (χ1v) is 7.06. The van der Waals surface area contributed by atoms with E-state index in [9.17, 15) is 14.4 Å². The van der Waals surface area contributed by atoms with Crippen molar-refractivity contribution < 1.29 is 19.5 Å². The van der Waals surface area contributed by atoms with Gasteiger partial charge in [-0.25, -0.2) is 4.79 Å². The van der Waals surface area contributed by atoms with Crippen molar-refractivity contribution in [3.8, 4) is 0 Å². The molecular weight excluding hydrogens is 276 g/mol. The van der Waals surface area contributed by atoms with Gasteiger partial charge in [0.1, 0.15) is 12.1 Å². The van der Waals surface area contributed by atoms with Gasteiger partial charge in [0.2, 0.25) is 11.8 Å². The lowest BCUT2D eigenvalue weighted by Crippen LogP contribution is -2.53. The first-order valence-electron chi connectivity index (χ1n) is 7.06. The predicted molar refractivity (Wildman–Crippen MR) is 78.3 cm³/mol. The second-order valence-electron chi connectivity index (χ2n) is 5.18. The average Bonchev–Trinajstić information content (AvgIpc) is 2.42. The van der Waals surface area contributed by atoms with Crippen LogP contribution in [0.5, 0.6) is 0 Å². The van der Waals surface area contributed by atoms with E-state index in [1.54, 1.807) is 13.8 Å². The summed E-state index contributed by atoms with van der Waals surface area (Å²) < 4.78 is 0. The van der Waals surface area contributed by atoms with Gasteiger partial charge in [0.15, 0.2) is 0 Å². The minimum atomic E-state index is -1.11. The predicted octanol–water partition coefficient (Wildman–Crippen LogP) is -1.22. The smallest absolute Gasteiger partial charge is 0.326 e. The zero-order valence-corrected chi connectivity index (χ0v) is 12.6. The third kappa shape index (κ3) is 7.62. The van der Waals surface area contributed by atoms with Crippen molar-refractivity contribution in [3.05, 3.63) is 0 Å². The highest BCUT2D eigenvalue weighted by atomic mass is 16.4. The van der Waals surface area contributed by atoms with Crippen LogP contribution in [0.15, 0.2) is 0 Å². The number of rotatable bonds is 10. The molecule has 0 heterocycles. The Kier molecular flexibility index (Phi) is 9.31. The van der Waals surface area contributed by atoms with Crippen LogP contribution in [0, 0.1) is 5.92 Å². The van der Waals surface area contributed by atoms with Crippen LogP contribution in [-0.2, 0) is 14.4 Å². The molecule has 0 saturated carbocycles. The Morgan fingerprint density at radius 1 is 1.10 bits per heavy atom. The summed E-state index contributed by atoms with van der Waals surface area (Å²) in [4.78, 5) is 34.6. The zero-order valence-electron chi connectivity index (χ0n) is 12.6. The van der Waals surface area contributed by atoms with Crippen LogP contribution < -0.4 is 22.1 Å². The standard InChI is InChI=1S/C13H26N4O4/c1-8(2)11(13(20)21)17-12(19)9(5-3-4-6-14)16-10(18)7-15/h8-9,11H,3-7,14-15H2,1-2H3,(H,16,18)(H,17,19)(H,20,21). The molecule has 0 saturated heterocycles. The number of hydrogen-bond acceptors (Lipinski definition) is 5. The SMILES string of the molecule is CC(C)C(NC(=O)C(CCCCN)NC(=O)CN)C(=O)O. The number of amides is 2. The number of carbonyl (C=O) groups is 3. The second-order valence-corrected chi connectivity index (χ2v) is 5.18. The number of aliphatic carboxylic acids is 1. The summed E-state index contributed by atoms with van der Waals surface area (Å²) >= 11 is 0. The lowest BCUT2D eigenvalue weighted by Gasteiger charge is -2.23. The lowest BCUT2D eigenvalue weighted by molar-refractivity contribution is -0.143. The van der Waals surface area contributed by atoms with Crippen LogP contribution in [0.25, 0.3) is 0 Å². The molecule has 2 unspecified atom stereocenters. The van der Waals surface area contributed by atoms with Gasteiger partial charge in [-0.3, -0.25) is 9.59 Å². The summed E-state index contributed by atoms with van der Waals surface area (Å²) in [6.45, 7) is 3.65. The quantitative estimate of drug-likeness (QED) is 0.320. The monoisotopic (exact) mass is 302 g/mol. The molecule has 0 aromatic rings. The normalized spacial score (nSPS) is 13.6. The van der Waals surface area contributed by atoms with E-state index in [2.05, 4.69) is 10.6 Å². The molecule has 0 bridgehead atoms. The topological polar surface area (TPSA) is 148 Å². The number of carboxylic acids is 1. The summed E-state index contributed by atoms with van der Waals surface area (Å²) in [6.07, 6.45) is 1.76. The molecule has 0 rings (SSSR count). The van der Waals surface area contributed by atoms with E-state index in [0.717, 1.165) is 6.42 Å². The van der Waals surface area contributed by atoms with Gasteiger partial charge in [-0.1, -0.05) is 13.8 Å². The van der Waals surface area contributed by atoms with Gasteiger partial charge in [-0.2, -0.15) is 0 Å². The van der Waals surface area contributed by atoms with Gasteiger partial charge in [-0.05, 0) is 31.7 Å². The first kappa shape index (κ1) is 19.3. The number of nitrogens with one attached hydrogen (secondary N) is 2. The molecule has 7 N–H and O–H groups in total. The Balaban J connectivity index is 4.74. The summed E-state index contributed by atoms with van der Waals surface area (Å²) in [5.41, 5.74) is 10.6. The third-order valence-electron chi connectivity index (χ3n) is 3.01. The van der Waals surface area contributed by atoms with Crippen molar-refractivity contribution in [1.29, 1.82) is 0 Å². The van der Waals surface area contributed by atoms with Gasteiger partial charge in [0.05, 0.1) is 6.54 Å². The van der Waals surface area contributed by atoms with Gasteiger partial charge < -0.3 is 27.2 Å². The van der Waals surface area contributed by atoms with Gasteiger partial charge >= 0.3 is 5.97 Å². The van der Waals surface area contributed by atoms with Crippen molar-refractivity contribution in [1.82, 2.24) is 10.6 Å². The van der Waals surface area contributed by atoms with Crippen molar-refractivity contribution >= 4 is 17.8 Å². The molecule has 0 aromatic carbocycles. The van der Waals surface area contributed by atoms with E-state index < -0.39 is 29.9 Å². The molecular formula is C13H26N4O4. The van der Waals surface area contributed by atoms with E-state index in [4.69, 9.17) is 16.6 Å². The molecule has 0 aliphatic heterocycles. The van der Waals surface area contributed by atoms with Crippen LogP contribution >= 0.6 is 0 Å². The van der Waals surface area contributed by atoms with Gasteiger partial charge in [-0.15, -0.1) is 0 Å². The maximum atomic E-state index is 12.1. The Morgan fingerprint density at radius 3 is 2.14 bits per heavy atom. The summed E-state index contributed by atoms with van der Waals surface area (Å²) in [5, 5.41) is 14.0. The highest BCUT2D eigenvalue weighted by Gasteiger charge is 2.27. The van der Waals surface area contributed by atoms with Crippen LogP contribution in [0.2, 0.25) is 0 Å². The molecule has 0 aliphatic rings. The van der Waals surface area contributed by atoms with Crippen LogP contribution in [0.1, 0.15) is 33.1 Å². The average molecular weight is 302 g/mol. The Morgan fingerprint density at radius 2 is 1.71 bits per heavy atom. The molecule has 0 aliphatic carbocycles. The molecule has 2 atom stereocenters. The van der Waals surface area contributed by atoms with Crippen molar-refractivity contribution in [2.45, 2.75) is 45.2 Å².